The highest BCUT2D eigenvalue weighted by Gasteiger charge is 2.20. The fraction of sp³-hybridized carbons (Fsp3) is 0.975. The molecule has 0 aliphatic rings. The van der Waals surface area contributed by atoms with Crippen molar-refractivity contribution in [1.82, 2.24) is 5.32 Å². The van der Waals surface area contributed by atoms with E-state index in [4.69, 9.17) is 4.74 Å². The Kier molecular flexibility index (Phi) is 74.3. The van der Waals surface area contributed by atoms with Gasteiger partial charge in [-0.05, 0) is 25.7 Å². The third-order valence-electron chi connectivity index (χ3n) is 19.2. The van der Waals surface area contributed by atoms with Gasteiger partial charge < -0.3 is 20.3 Å². The maximum absolute atomic E-state index is 12.6. The lowest BCUT2D eigenvalue weighted by molar-refractivity contribution is -0.143. The van der Waals surface area contributed by atoms with Crippen LogP contribution in [0.2, 0.25) is 0 Å². The number of aliphatic hydroxyl groups is 2. The van der Waals surface area contributed by atoms with Crippen LogP contribution in [0, 0.1) is 0 Å². The van der Waals surface area contributed by atoms with Crippen molar-refractivity contribution in [3.63, 3.8) is 0 Å². The molecule has 0 radical (unpaired) electrons. The van der Waals surface area contributed by atoms with Crippen LogP contribution in [0.4, 0.5) is 0 Å². The highest BCUT2D eigenvalue weighted by Crippen LogP contribution is 2.21. The quantitative estimate of drug-likeness (QED) is 0.0417. The molecule has 0 aromatic rings. The highest BCUT2D eigenvalue weighted by atomic mass is 16.5. The van der Waals surface area contributed by atoms with Gasteiger partial charge in [0.15, 0.2) is 0 Å². The molecule has 0 aliphatic carbocycles. The second-order valence-corrected chi connectivity index (χ2v) is 27.8. The minimum Gasteiger partial charge on any atom is -0.466 e. The maximum Gasteiger partial charge on any atom is 0.305 e. The van der Waals surface area contributed by atoms with Gasteiger partial charge in [-0.2, -0.15) is 0 Å². The van der Waals surface area contributed by atoms with E-state index < -0.39 is 12.1 Å². The lowest BCUT2D eigenvalue weighted by Crippen LogP contribution is -2.45. The number of hydrogen-bond donors (Lipinski definition) is 3. The van der Waals surface area contributed by atoms with Crippen molar-refractivity contribution in [2.75, 3.05) is 13.2 Å². The second-order valence-electron chi connectivity index (χ2n) is 27.8. The molecule has 3 N–H and O–H groups in total. The van der Waals surface area contributed by atoms with Crippen molar-refractivity contribution in [3.05, 3.63) is 0 Å². The van der Waals surface area contributed by atoms with Gasteiger partial charge in [-0.3, -0.25) is 9.59 Å². The molecule has 0 spiro atoms. The summed E-state index contributed by atoms with van der Waals surface area (Å²) in [6.45, 7) is 5.02. The zero-order valence-corrected chi connectivity index (χ0v) is 58.4. The first-order valence-corrected chi connectivity index (χ1v) is 39.8. The van der Waals surface area contributed by atoms with E-state index in [1.165, 1.54) is 398 Å². The van der Waals surface area contributed by atoms with Crippen molar-refractivity contribution in [2.45, 2.75) is 482 Å². The molecule has 0 heterocycles. The predicted octanol–water partition coefficient (Wildman–Crippen LogP) is 26.1. The number of carbonyl (C=O) groups is 2. The van der Waals surface area contributed by atoms with Crippen LogP contribution in [0.1, 0.15) is 470 Å². The number of aliphatic hydroxyl groups excluding tert-OH is 2. The van der Waals surface area contributed by atoms with Gasteiger partial charge >= 0.3 is 5.97 Å². The molecule has 0 aliphatic heterocycles. The smallest absolute Gasteiger partial charge is 0.305 e. The largest absolute Gasteiger partial charge is 0.466 e. The minimum atomic E-state index is -0.660. The van der Waals surface area contributed by atoms with Gasteiger partial charge in [0.1, 0.15) is 0 Å². The first-order chi connectivity index (χ1) is 42.0. The summed E-state index contributed by atoms with van der Waals surface area (Å²) in [5.74, 6) is 0.00173. The number of amides is 1. The average Bonchev–Trinajstić information content (AvgIpc) is 3.53. The van der Waals surface area contributed by atoms with Gasteiger partial charge in [0.2, 0.25) is 5.91 Å². The van der Waals surface area contributed by atoms with Crippen molar-refractivity contribution < 1.29 is 24.5 Å². The molecule has 0 saturated carbocycles. The van der Waals surface area contributed by atoms with E-state index in [1.807, 2.05) is 0 Å². The maximum atomic E-state index is 12.6. The lowest BCUT2D eigenvalue weighted by atomic mass is 10.0. The molecular weight excluding hydrogens is 1040 g/mol. The molecule has 1 amide bonds. The number of esters is 1. The Morgan fingerprint density at radius 3 is 0.718 bits per heavy atom. The van der Waals surface area contributed by atoms with Crippen LogP contribution >= 0.6 is 0 Å². The van der Waals surface area contributed by atoms with Crippen LogP contribution in [0.3, 0.4) is 0 Å². The Bertz CT molecular complexity index is 1240. The SMILES string of the molecule is CCCCCCCCCCCCCCCCCCCCCCC(O)C(CO)NC(=O)CCCCCCCCCCCCCCCCCCCCCCCCCCCCCCCCCCCCCOC(=O)CCCCCCCCCCCCCCC. The van der Waals surface area contributed by atoms with E-state index in [2.05, 4.69) is 19.2 Å². The molecule has 0 aromatic carbocycles. The van der Waals surface area contributed by atoms with E-state index in [-0.39, 0.29) is 18.5 Å². The van der Waals surface area contributed by atoms with Gasteiger partial charge in [0, 0.05) is 12.8 Å². The molecule has 0 saturated heterocycles. The Morgan fingerprint density at radius 1 is 0.282 bits per heavy atom. The van der Waals surface area contributed by atoms with Crippen LogP contribution in [-0.2, 0) is 14.3 Å². The normalized spacial score (nSPS) is 12.4. The number of ether oxygens (including phenoxy) is 1. The average molecular weight is 1200 g/mol. The van der Waals surface area contributed by atoms with Crippen molar-refractivity contribution >= 4 is 11.9 Å². The molecule has 85 heavy (non-hydrogen) atoms. The topological polar surface area (TPSA) is 95.9 Å². The zero-order valence-electron chi connectivity index (χ0n) is 58.4. The molecule has 0 rings (SSSR count). The molecule has 2 atom stereocenters. The summed E-state index contributed by atoms with van der Waals surface area (Å²) in [7, 11) is 0. The fourth-order valence-corrected chi connectivity index (χ4v) is 13.1. The Hall–Kier alpha value is -1.14. The van der Waals surface area contributed by atoms with E-state index in [9.17, 15) is 19.8 Å². The number of carbonyl (C=O) groups excluding carboxylic acids is 2. The third-order valence-corrected chi connectivity index (χ3v) is 19.2. The summed E-state index contributed by atoms with van der Waals surface area (Å²) in [6.07, 6.45) is 93.5. The van der Waals surface area contributed by atoms with Crippen LogP contribution in [0.15, 0.2) is 0 Å². The number of nitrogens with one attached hydrogen (secondary N) is 1. The third kappa shape index (κ3) is 71.8. The molecule has 0 aromatic heterocycles. The molecule has 6 heteroatoms. The van der Waals surface area contributed by atoms with Crippen LogP contribution < -0.4 is 5.32 Å². The first-order valence-electron chi connectivity index (χ1n) is 39.8. The molecule has 6 nitrogen and oxygen atoms in total. The standard InChI is InChI=1S/C79H157NO5/c1-3-5-7-9-11-13-15-17-18-19-20-38-41-44-48-51-55-59-63-67-71-77(82)76(75-81)80-78(83)72-68-64-60-56-52-49-45-42-39-36-34-32-30-28-26-24-22-21-23-25-27-29-31-33-35-37-40-43-46-50-54-58-62-66-70-74-85-79(84)73-69-65-61-57-53-47-16-14-12-10-8-6-4-2/h76-77,81-82H,3-75H2,1-2H3,(H,80,83). The predicted molar refractivity (Wildman–Crippen MR) is 375 cm³/mol. The van der Waals surface area contributed by atoms with Crippen LogP contribution in [0.25, 0.3) is 0 Å². The van der Waals surface area contributed by atoms with Gasteiger partial charge in [-0.1, -0.05) is 431 Å². The van der Waals surface area contributed by atoms with E-state index in [0.717, 1.165) is 38.5 Å². The zero-order chi connectivity index (χ0) is 61.3. The monoisotopic (exact) mass is 1200 g/mol. The molecule has 2 unspecified atom stereocenters. The van der Waals surface area contributed by atoms with Gasteiger partial charge in [0.25, 0.3) is 0 Å². The summed E-state index contributed by atoms with van der Waals surface area (Å²) < 4.78 is 5.50. The van der Waals surface area contributed by atoms with Crippen molar-refractivity contribution in [2.24, 2.45) is 0 Å². The van der Waals surface area contributed by atoms with Crippen molar-refractivity contribution in [1.29, 1.82) is 0 Å². The molecular formula is C79H157NO5. The number of hydrogen-bond acceptors (Lipinski definition) is 5. The van der Waals surface area contributed by atoms with Crippen LogP contribution in [0.5, 0.6) is 0 Å². The Labute approximate surface area is 534 Å². The summed E-state index contributed by atoms with van der Waals surface area (Å²) in [5.41, 5.74) is 0. The second kappa shape index (κ2) is 75.3. The lowest BCUT2D eigenvalue weighted by Gasteiger charge is -2.22. The van der Waals surface area contributed by atoms with Crippen molar-refractivity contribution in [3.8, 4) is 0 Å². The fourth-order valence-electron chi connectivity index (χ4n) is 13.1. The van der Waals surface area contributed by atoms with E-state index in [0.29, 0.717) is 25.9 Å². The molecule has 508 valence electrons. The first kappa shape index (κ1) is 83.9. The molecule has 0 bridgehead atoms. The summed E-state index contributed by atoms with van der Waals surface area (Å²) >= 11 is 0. The number of unbranched alkanes of at least 4 members (excludes halogenated alkanes) is 65. The van der Waals surface area contributed by atoms with Crippen LogP contribution in [-0.4, -0.2) is 47.4 Å². The molecule has 0 fully saturated rings. The van der Waals surface area contributed by atoms with Gasteiger partial charge in [0.05, 0.1) is 25.4 Å². The Balaban J connectivity index is 3.30. The summed E-state index contributed by atoms with van der Waals surface area (Å²) in [6, 6.07) is -0.537. The highest BCUT2D eigenvalue weighted by molar-refractivity contribution is 5.76. The van der Waals surface area contributed by atoms with Gasteiger partial charge in [-0.25, -0.2) is 0 Å². The number of rotatable bonds is 76. The van der Waals surface area contributed by atoms with Gasteiger partial charge in [-0.15, -0.1) is 0 Å². The summed E-state index contributed by atoms with van der Waals surface area (Å²) in [4.78, 5) is 24.6. The van der Waals surface area contributed by atoms with E-state index in [1.54, 1.807) is 0 Å². The van der Waals surface area contributed by atoms with E-state index >= 15 is 0 Å². The summed E-state index contributed by atoms with van der Waals surface area (Å²) in [5, 5.41) is 23.4. The minimum absolute atomic E-state index is 0.0238. The Morgan fingerprint density at radius 2 is 0.482 bits per heavy atom.